The predicted octanol–water partition coefficient (Wildman–Crippen LogP) is 3.19. The minimum Gasteiger partial charge on any atom is -0.378 e. The Hall–Kier alpha value is -1.59. The fourth-order valence-corrected chi connectivity index (χ4v) is 2.99. The molecule has 2 N–H and O–H groups in total. The van der Waals surface area contributed by atoms with Crippen LogP contribution >= 0.6 is 0 Å². The van der Waals surface area contributed by atoms with Crippen LogP contribution in [0.3, 0.4) is 0 Å². The largest absolute Gasteiger partial charge is 0.378 e. The summed E-state index contributed by atoms with van der Waals surface area (Å²) in [6, 6.07) is 5.77. The summed E-state index contributed by atoms with van der Waals surface area (Å²) >= 11 is 0. The Labute approximate surface area is 131 Å². The quantitative estimate of drug-likeness (QED) is 0.821. The highest BCUT2D eigenvalue weighted by Crippen LogP contribution is 2.23. The zero-order valence-electron chi connectivity index (χ0n) is 12.9. The molecule has 1 aromatic rings. The van der Waals surface area contributed by atoms with Crippen LogP contribution in [0.4, 0.5) is 10.5 Å². The summed E-state index contributed by atoms with van der Waals surface area (Å²) in [6.45, 7) is 2.87. The van der Waals surface area contributed by atoms with Gasteiger partial charge < -0.3 is 20.1 Å². The standard InChI is InChI=1S/C17H24N2O3/c20-17(18-8-3-5-16-4-1-2-9-22-16)19-15-7-6-13-11-21-12-14(13)10-15/h6-7,10,16H,1-5,8-9,11-12H2,(H2,18,19,20)/t16-/m0/s1. The molecule has 0 radical (unpaired) electrons. The second-order valence-corrected chi connectivity index (χ2v) is 5.99. The number of hydrogen-bond donors (Lipinski definition) is 2. The van der Waals surface area contributed by atoms with E-state index in [-0.39, 0.29) is 6.03 Å². The Morgan fingerprint density at radius 2 is 2.14 bits per heavy atom. The number of urea groups is 1. The normalized spacial score (nSPS) is 20.5. The van der Waals surface area contributed by atoms with Gasteiger partial charge in [-0.1, -0.05) is 6.07 Å². The zero-order valence-corrected chi connectivity index (χ0v) is 12.9. The van der Waals surface area contributed by atoms with E-state index in [9.17, 15) is 4.79 Å². The van der Waals surface area contributed by atoms with Crippen molar-refractivity contribution >= 4 is 11.7 Å². The molecule has 0 unspecified atom stereocenters. The van der Waals surface area contributed by atoms with Crippen LogP contribution in [0, 0.1) is 0 Å². The van der Waals surface area contributed by atoms with Crippen molar-refractivity contribution < 1.29 is 14.3 Å². The van der Waals surface area contributed by atoms with Crippen molar-refractivity contribution in [2.45, 2.75) is 51.4 Å². The lowest BCUT2D eigenvalue weighted by Crippen LogP contribution is -2.30. The van der Waals surface area contributed by atoms with E-state index in [4.69, 9.17) is 9.47 Å². The number of benzene rings is 1. The molecule has 2 aliphatic heterocycles. The fourth-order valence-electron chi connectivity index (χ4n) is 2.99. The second-order valence-electron chi connectivity index (χ2n) is 5.99. The molecule has 120 valence electrons. The Morgan fingerprint density at radius 1 is 1.23 bits per heavy atom. The lowest BCUT2D eigenvalue weighted by Gasteiger charge is -2.22. The second kappa shape index (κ2) is 7.61. The molecular weight excluding hydrogens is 280 g/mol. The first kappa shape index (κ1) is 15.3. The number of fused-ring (bicyclic) bond motifs is 1. The molecule has 2 amide bonds. The molecule has 0 bridgehead atoms. The number of hydrogen-bond acceptors (Lipinski definition) is 3. The Bertz CT molecular complexity index is 513. The molecule has 1 aromatic carbocycles. The maximum atomic E-state index is 11.9. The molecule has 0 aromatic heterocycles. The van der Waals surface area contributed by atoms with Crippen LogP contribution in [0.15, 0.2) is 18.2 Å². The van der Waals surface area contributed by atoms with Gasteiger partial charge >= 0.3 is 6.03 Å². The Balaban J connectivity index is 1.35. The van der Waals surface area contributed by atoms with Crippen LogP contribution in [0.1, 0.15) is 43.2 Å². The van der Waals surface area contributed by atoms with Crippen molar-refractivity contribution in [1.82, 2.24) is 5.32 Å². The predicted molar refractivity (Wildman–Crippen MR) is 84.8 cm³/mol. The first-order valence-electron chi connectivity index (χ1n) is 8.17. The number of carbonyl (C=O) groups is 1. The van der Waals surface area contributed by atoms with Gasteiger partial charge in [-0.05, 0) is 55.4 Å². The van der Waals surface area contributed by atoms with Crippen molar-refractivity contribution in [3.8, 4) is 0 Å². The molecule has 5 heteroatoms. The van der Waals surface area contributed by atoms with E-state index in [1.54, 1.807) is 0 Å². The van der Waals surface area contributed by atoms with Gasteiger partial charge in [-0.15, -0.1) is 0 Å². The third kappa shape index (κ3) is 4.21. The van der Waals surface area contributed by atoms with Crippen LogP contribution in [-0.4, -0.2) is 25.3 Å². The lowest BCUT2D eigenvalue weighted by molar-refractivity contribution is 0.0103. The van der Waals surface area contributed by atoms with Gasteiger partial charge in [-0.2, -0.15) is 0 Å². The highest BCUT2D eigenvalue weighted by Gasteiger charge is 2.14. The van der Waals surface area contributed by atoms with E-state index in [1.165, 1.54) is 18.4 Å². The molecule has 3 rings (SSSR count). The summed E-state index contributed by atoms with van der Waals surface area (Å²) in [6.07, 6.45) is 5.97. The third-order valence-corrected chi connectivity index (χ3v) is 4.24. The van der Waals surface area contributed by atoms with Crippen LogP contribution < -0.4 is 10.6 Å². The van der Waals surface area contributed by atoms with Gasteiger partial charge in [-0.3, -0.25) is 0 Å². The third-order valence-electron chi connectivity index (χ3n) is 4.24. The van der Waals surface area contributed by atoms with Crippen LogP contribution in [0.2, 0.25) is 0 Å². The number of nitrogens with one attached hydrogen (secondary N) is 2. The highest BCUT2D eigenvalue weighted by molar-refractivity contribution is 5.89. The fraction of sp³-hybridized carbons (Fsp3) is 0.588. The van der Waals surface area contributed by atoms with Crippen molar-refractivity contribution in [1.29, 1.82) is 0 Å². The van der Waals surface area contributed by atoms with Gasteiger partial charge in [0.2, 0.25) is 0 Å². The van der Waals surface area contributed by atoms with Crippen LogP contribution in [0.5, 0.6) is 0 Å². The topological polar surface area (TPSA) is 59.6 Å². The number of anilines is 1. The summed E-state index contributed by atoms with van der Waals surface area (Å²) in [4.78, 5) is 11.9. The zero-order chi connectivity index (χ0) is 15.2. The highest BCUT2D eigenvalue weighted by atomic mass is 16.5. The van der Waals surface area contributed by atoms with Gasteiger partial charge in [0.05, 0.1) is 19.3 Å². The van der Waals surface area contributed by atoms with E-state index in [0.29, 0.717) is 25.9 Å². The molecule has 22 heavy (non-hydrogen) atoms. The molecule has 5 nitrogen and oxygen atoms in total. The summed E-state index contributed by atoms with van der Waals surface area (Å²) in [5.74, 6) is 0. The molecule has 1 atom stereocenters. The van der Waals surface area contributed by atoms with Crippen molar-refractivity contribution in [3.05, 3.63) is 29.3 Å². The summed E-state index contributed by atoms with van der Waals surface area (Å²) < 4.78 is 11.1. The van der Waals surface area contributed by atoms with Gasteiger partial charge in [0.25, 0.3) is 0 Å². The minimum atomic E-state index is -0.150. The number of amides is 2. The van der Waals surface area contributed by atoms with Gasteiger partial charge in [0.15, 0.2) is 0 Å². The first-order chi connectivity index (χ1) is 10.8. The van der Waals surface area contributed by atoms with Crippen molar-refractivity contribution in [2.24, 2.45) is 0 Å². The Kier molecular flexibility index (Phi) is 5.29. The number of carbonyl (C=O) groups excluding carboxylic acids is 1. The molecule has 0 spiro atoms. The number of ether oxygens (including phenoxy) is 2. The van der Waals surface area contributed by atoms with E-state index >= 15 is 0 Å². The average Bonchev–Trinajstić information content (AvgIpc) is 3.00. The van der Waals surface area contributed by atoms with Crippen molar-refractivity contribution in [2.75, 3.05) is 18.5 Å². The molecule has 2 heterocycles. The maximum absolute atomic E-state index is 11.9. The monoisotopic (exact) mass is 304 g/mol. The summed E-state index contributed by atoms with van der Waals surface area (Å²) in [5.41, 5.74) is 3.18. The van der Waals surface area contributed by atoms with Crippen LogP contribution in [0.25, 0.3) is 0 Å². The van der Waals surface area contributed by atoms with E-state index in [0.717, 1.165) is 37.1 Å². The van der Waals surface area contributed by atoms with E-state index < -0.39 is 0 Å². The first-order valence-corrected chi connectivity index (χ1v) is 8.17. The van der Waals surface area contributed by atoms with E-state index in [1.807, 2.05) is 18.2 Å². The smallest absolute Gasteiger partial charge is 0.319 e. The van der Waals surface area contributed by atoms with Gasteiger partial charge in [0.1, 0.15) is 0 Å². The maximum Gasteiger partial charge on any atom is 0.319 e. The summed E-state index contributed by atoms with van der Waals surface area (Å²) in [5, 5.41) is 5.77. The molecule has 0 aliphatic carbocycles. The van der Waals surface area contributed by atoms with Crippen LogP contribution in [-0.2, 0) is 22.7 Å². The summed E-state index contributed by atoms with van der Waals surface area (Å²) in [7, 11) is 0. The molecular formula is C17H24N2O3. The average molecular weight is 304 g/mol. The van der Waals surface area contributed by atoms with Crippen molar-refractivity contribution in [3.63, 3.8) is 0 Å². The lowest BCUT2D eigenvalue weighted by atomic mass is 10.0. The Morgan fingerprint density at radius 3 is 3.00 bits per heavy atom. The SMILES string of the molecule is O=C(NCCC[C@@H]1CCCCO1)Nc1ccc2c(c1)COC2. The molecule has 1 saturated heterocycles. The number of rotatable bonds is 5. The molecule has 2 aliphatic rings. The van der Waals surface area contributed by atoms with E-state index in [2.05, 4.69) is 10.6 Å². The van der Waals surface area contributed by atoms with Gasteiger partial charge in [0, 0.05) is 18.8 Å². The molecule has 0 saturated carbocycles. The molecule has 1 fully saturated rings. The minimum absolute atomic E-state index is 0.150. The van der Waals surface area contributed by atoms with Gasteiger partial charge in [-0.25, -0.2) is 4.79 Å².